The van der Waals surface area contributed by atoms with E-state index in [1.807, 2.05) is 19.1 Å². The zero-order chi connectivity index (χ0) is 18.4. The average Bonchev–Trinajstić information content (AvgIpc) is 2.49. The van der Waals surface area contributed by atoms with E-state index in [2.05, 4.69) is 16.5 Å². The van der Waals surface area contributed by atoms with Gasteiger partial charge in [-0.2, -0.15) is 26.9 Å². The number of benzene rings is 1. The molecule has 0 unspecified atom stereocenters. The van der Waals surface area contributed by atoms with Crippen molar-refractivity contribution in [3.05, 3.63) is 53.6 Å². The van der Waals surface area contributed by atoms with Crippen molar-refractivity contribution in [3.63, 3.8) is 0 Å². The van der Waals surface area contributed by atoms with E-state index < -0.39 is 20.6 Å². The van der Waals surface area contributed by atoms with E-state index in [4.69, 9.17) is 5.26 Å². The number of nitrogens with one attached hydrogen (secondary N) is 1. The normalized spacial score (nSPS) is 12.9. The van der Waals surface area contributed by atoms with Gasteiger partial charge in [-0.05, 0) is 30.2 Å². The Labute approximate surface area is 142 Å². The fourth-order valence-electron chi connectivity index (χ4n) is 1.47. The fourth-order valence-corrected chi connectivity index (χ4v) is 1.94. The summed E-state index contributed by atoms with van der Waals surface area (Å²) in [5.41, 5.74) is -2.22. The molecule has 0 aliphatic heterocycles. The second-order valence-electron chi connectivity index (χ2n) is 4.32. The minimum Gasteiger partial charge on any atom is -0.238 e. The number of aryl methyl sites for hydroxylation is 1. The molecular weight excluding hydrogens is 365 g/mol. The molecule has 24 heavy (non-hydrogen) atoms. The van der Waals surface area contributed by atoms with Gasteiger partial charge in [-0.15, -0.1) is 4.28 Å². The lowest BCUT2D eigenvalue weighted by atomic mass is 10.0. The van der Waals surface area contributed by atoms with Crippen LogP contribution in [0.4, 0.5) is 13.2 Å². The molecule has 128 valence electrons. The maximum atomic E-state index is 12.1. The lowest BCUT2D eigenvalue weighted by Crippen LogP contribution is -2.33. The summed E-state index contributed by atoms with van der Waals surface area (Å²) >= 11 is 4.61. The number of hydroxylamine groups is 1. The molecule has 1 N–H and O–H groups in total. The number of rotatable bonds is 5. The van der Waals surface area contributed by atoms with E-state index in [0.717, 1.165) is 11.6 Å². The number of alkyl halides is 3. The van der Waals surface area contributed by atoms with Crippen molar-refractivity contribution in [1.82, 2.24) is 5.48 Å². The molecule has 0 saturated heterocycles. The first-order valence-electron chi connectivity index (χ1n) is 6.22. The second kappa shape index (κ2) is 8.05. The molecule has 1 aromatic carbocycles. The third-order valence-corrected chi connectivity index (χ3v) is 3.69. The number of nitrogens with zero attached hydrogens (tertiary/aromatic N) is 1. The summed E-state index contributed by atoms with van der Waals surface area (Å²) in [5, 5.41) is 9.14. The Morgan fingerprint density at radius 2 is 2.00 bits per heavy atom. The molecule has 0 aliphatic carbocycles. The lowest BCUT2D eigenvalue weighted by molar-refractivity contribution is -0.0561. The van der Waals surface area contributed by atoms with E-state index in [-0.39, 0.29) is 0 Å². The van der Waals surface area contributed by atoms with Crippen molar-refractivity contribution in [2.75, 3.05) is 0 Å². The number of allylic oxidation sites excluding steroid dienone is 3. The van der Waals surface area contributed by atoms with Crippen molar-refractivity contribution in [3.8, 4) is 6.07 Å². The Kier molecular flexibility index (Phi) is 6.65. The van der Waals surface area contributed by atoms with Crippen LogP contribution in [0.5, 0.6) is 0 Å². The van der Waals surface area contributed by atoms with Crippen LogP contribution in [0.2, 0.25) is 0 Å². The van der Waals surface area contributed by atoms with E-state index >= 15 is 0 Å². The van der Waals surface area contributed by atoms with Crippen LogP contribution in [-0.2, 0) is 14.4 Å². The van der Waals surface area contributed by atoms with Gasteiger partial charge in [0.15, 0.2) is 0 Å². The van der Waals surface area contributed by atoms with Gasteiger partial charge < -0.3 is 0 Å². The standard InChI is InChI=1S/C14H11F3N2O3S2/c1-10-5-2-3-7-12(10)11(9-18)6-4-8-13(23)19-22-24(20,21)14(15,16)17/h2-8H,1H3,(H,19,23)/b8-4-,11-6-. The quantitative estimate of drug-likeness (QED) is 0.212. The predicted molar refractivity (Wildman–Crippen MR) is 85.7 cm³/mol. The van der Waals surface area contributed by atoms with Crippen molar-refractivity contribution in [2.24, 2.45) is 0 Å². The summed E-state index contributed by atoms with van der Waals surface area (Å²) in [6.07, 6.45) is 3.75. The van der Waals surface area contributed by atoms with Gasteiger partial charge in [-0.25, -0.2) is 5.48 Å². The summed E-state index contributed by atoms with van der Waals surface area (Å²) in [6, 6.07) is 9.08. The molecule has 10 heteroatoms. The van der Waals surface area contributed by atoms with Gasteiger partial charge in [-0.3, -0.25) is 0 Å². The number of hydrogen-bond donors (Lipinski definition) is 1. The Hall–Kier alpha value is -2.22. The first-order chi connectivity index (χ1) is 11.1. The van der Waals surface area contributed by atoms with Gasteiger partial charge in [0, 0.05) is 0 Å². The summed E-state index contributed by atoms with van der Waals surface area (Å²) < 4.78 is 61.0. The molecule has 0 radical (unpaired) electrons. The van der Waals surface area contributed by atoms with Gasteiger partial charge in [0.2, 0.25) is 0 Å². The molecule has 0 atom stereocenters. The molecule has 0 saturated carbocycles. The van der Waals surface area contributed by atoms with Crippen LogP contribution in [0.1, 0.15) is 11.1 Å². The molecule has 5 nitrogen and oxygen atoms in total. The highest BCUT2D eigenvalue weighted by Crippen LogP contribution is 2.23. The molecule has 0 fully saturated rings. The minimum absolute atomic E-state index is 0.302. The number of nitriles is 1. The molecule has 1 rings (SSSR count). The molecule has 1 aromatic rings. The fraction of sp³-hybridized carbons (Fsp3) is 0.143. The van der Waals surface area contributed by atoms with Crippen LogP contribution in [0, 0.1) is 18.3 Å². The van der Waals surface area contributed by atoms with Crippen molar-refractivity contribution < 1.29 is 25.9 Å². The molecule has 0 aliphatic rings. The van der Waals surface area contributed by atoms with Crippen LogP contribution in [0.15, 0.2) is 42.5 Å². The molecule has 0 bridgehead atoms. The minimum atomic E-state index is -5.79. The Morgan fingerprint density at radius 3 is 2.54 bits per heavy atom. The predicted octanol–water partition coefficient (Wildman–Crippen LogP) is 3.16. The lowest BCUT2D eigenvalue weighted by Gasteiger charge is -2.08. The Balaban J connectivity index is 2.77. The highest BCUT2D eigenvalue weighted by Gasteiger charge is 2.48. The number of hydrogen-bond acceptors (Lipinski definition) is 5. The third-order valence-electron chi connectivity index (χ3n) is 2.60. The van der Waals surface area contributed by atoms with Gasteiger partial charge >= 0.3 is 15.6 Å². The van der Waals surface area contributed by atoms with E-state index in [1.54, 1.807) is 18.2 Å². The summed E-state index contributed by atoms with van der Waals surface area (Å²) in [4.78, 5) is -0.416. The second-order valence-corrected chi connectivity index (χ2v) is 6.29. The smallest absolute Gasteiger partial charge is 0.238 e. The van der Waals surface area contributed by atoms with Crippen molar-refractivity contribution in [1.29, 1.82) is 5.26 Å². The topological polar surface area (TPSA) is 79.2 Å². The highest BCUT2D eigenvalue weighted by atomic mass is 32.2. The van der Waals surface area contributed by atoms with Crippen LogP contribution >= 0.6 is 12.2 Å². The van der Waals surface area contributed by atoms with Crippen molar-refractivity contribution >= 4 is 32.9 Å². The van der Waals surface area contributed by atoms with Crippen molar-refractivity contribution in [2.45, 2.75) is 12.4 Å². The molecule has 0 spiro atoms. The number of halogens is 3. The van der Waals surface area contributed by atoms with E-state index in [9.17, 15) is 21.6 Å². The van der Waals surface area contributed by atoms with Crippen LogP contribution in [0.25, 0.3) is 5.57 Å². The largest absolute Gasteiger partial charge is 0.525 e. The van der Waals surface area contributed by atoms with Crippen LogP contribution in [-0.4, -0.2) is 18.9 Å². The third kappa shape index (κ3) is 5.45. The molecule has 0 heterocycles. The van der Waals surface area contributed by atoms with Gasteiger partial charge in [-0.1, -0.05) is 42.6 Å². The molecular formula is C14H11F3N2O3S2. The van der Waals surface area contributed by atoms with E-state index in [0.29, 0.717) is 11.1 Å². The summed E-state index contributed by atoms with van der Waals surface area (Å²) in [7, 11) is -5.79. The zero-order valence-electron chi connectivity index (χ0n) is 12.2. The zero-order valence-corrected chi connectivity index (χ0v) is 13.8. The van der Waals surface area contributed by atoms with Gasteiger partial charge in [0.05, 0.1) is 11.6 Å². The first-order valence-corrected chi connectivity index (χ1v) is 8.04. The Bertz CT molecular complexity index is 822. The van der Waals surface area contributed by atoms with Gasteiger partial charge in [0.25, 0.3) is 0 Å². The monoisotopic (exact) mass is 376 g/mol. The maximum absolute atomic E-state index is 12.1. The molecule has 0 aromatic heterocycles. The average molecular weight is 376 g/mol. The molecule has 0 amide bonds. The van der Waals surface area contributed by atoms with Crippen LogP contribution in [0.3, 0.4) is 0 Å². The van der Waals surface area contributed by atoms with Crippen LogP contribution < -0.4 is 5.48 Å². The Morgan fingerprint density at radius 1 is 1.38 bits per heavy atom. The maximum Gasteiger partial charge on any atom is 0.525 e. The van der Waals surface area contributed by atoms with E-state index in [1.165, 1.54) is 17.6 Å². The highest BCUT2D eigenvalue weighted by molar-refractivity contribution is 7.87. The summed E-state index contributed by atoms with van der Waals surface area (Å²) in [6.45, 7) is 1.81. The van der Waals surface area contributed by atoms with Gasteiger partial charge in [0.1, 0.15) is 4.99 Å². The SMILES string of the molecule is Cc1ccccc1/C(C#N)=C\C=C/C(=S)NOS(=O)(=O)C(F)(F)F. The first kappa shape index (κ1) is 19.8. The number of thiocarbonyl (C=S) groups is 1. The summed E-state index contributed by atoms with van der Waals surface area (Å²) in [5.74, 6) is 0.